The molecule has 5 heteroatoms. The molecule has 106 valence electrons. The van der Waals surface area contributed by atoms with Crippen molar-refractivity contribution in [1.82, 2.24) is 5.32 Å². The summed E-state index contributed by atoms with van der Waals surface area (Å²) in [4.78, 5) is 11.8. The second kappa shape index (κ2) is 8.37. The van der Waals surface area contributed by atoms with Gasteiger partial charge in [-0.2, -0.15) is 0 Å². The van der Waals surface area contributed by atoms with Gasteiger partial charge in [-0.05, 0) is 53.1 Å². The van der Waals surface area contributed by atoms with E-state index in [1.54, 1.807) is 12.1 Å². The molecule has 0 saturated carbocycles. The fourth-order valence-corrected chi connectivity index (χ4v) is 1.97. The first-order valence-corrected chi connectivity index (χ1v) is 7.43. The number of phenolic OH excluding ortho intramolecular Hbond substituents is 1. The molecule has 1 aromatic carbocycles. The Bertz CT molecular complexity index is 421. The minimum atomic E-state index is -0.250. The number of ether oxygens (including phenoxy) is 1. The van der Waals surface area contributed by atoms with E-state index in [2.05, 4.69) is 41.8 Å². The lowest BCUT2D eigenvalue weighted by Crippen LogP contribution is -2.25. The molecule has 0 atom stereocenters. The largest absolute Gasteiger partial charge is 0.507 e. The van der Waals surface area contributed by atoms with Gasteiger partial charge < -0.3 is 15.2 Å². The predicted octanol–water partition coefficient (Wildman–Crippen LogP) is 2.79. The van der Waals surface area contributed by atoms with Crippen LogP contribution in [0, 0.1) is 9.49 Å². The van der Waals surface area contributed by atoms with Crippen LogP contribution in [-0.2, 0) is 4.74 Å². The maximum atomic E-state index is 11.8. The summed E-state index contributed by atoms with van der Waals surface area (Å²) < 4.78 is 6.34. The van der Waals surface area contributed by atoms with E-state index >= 15 is 0 Å². The summed E-state index contributed by atoms with van der Waals surface area (Å²) in [7, 11) is 0. The number of phenols is 1. The molecule has 1 rings (SSSR count). The molecule has 0 unspecified atom stereocenters. The predicted molar refractivity (Wildman–Crippen MR) is 83.4 cm³/mol. The number of carbonyl (C=O) groups excluding carboxylic acids is 1. The lowest BCUT2D eigenvalue weighted by Gasteiger charge is -2.09. The van der Waals surface area contributed by atoms with Crippen molar-refractivity contribution in [2.75, 3.05) is 19.8 Å². The van der Waals surface area contributed by atoms with Crippen molar-refractivity contribution in [2.45, 2.75) is 20.3 Å². The van der Waals surface area contributed by atoms with E-state index in [4.69, 9.17) is 4.74 Å². The van der Waals surface area contributed by atoms with Gasteiger partial charge in [-0.1, -0.05) is 13.8 Å². The minimum Gasteiger partial charge on any atom is -0.507 e. The van der Waals surface area contributed by atoms with E-state index in [1.165, 1.54) is 6.07 Å². The highest BCUT2D eigenvalue weighted by Gasteiger charge is 2.10. The van der Waals surface area contributed by atoms with Crippen molar-refractivity contribution in [1.29, 1.82) is 0 Å². The number of rotatable bonds is 7. The molecule has 0 fully saturated rings. The highest BCUT2D eigenvalue weighted by molar-refractivity contribution is 14.1. The normalized spacial score (nSPS) is 10.7. The molecule has 0 heterocycles. The number of hydrogen-bond acceptors (Lipinski definition) is 3. The molecule has 0 saturated heterocycles. The summed E-state index contributed by atoms with van der Waals surface area (Å²) in [6.45, 7) is 6.12. The molecule has 0 aliphatic rings. The van der Waals surface area contributed by atoms with Gasteiger partial charge in [0.2, 0.25) is 0 Å². The number of benzene rings is 1. The van der Waals surface area contributed by atoms with Crippen LogP contribution in [0.2, 0.25) is 0 Å². The third-order valence-corrected chi connectivity index (χ3v) is 3.08. The lowest BCUT2D eigenvalue weighted by molar-refractivity contribution is 0.0922. The summed E-state index contributed by atoms with van der Waals surface area (Å²) in [5.74, 6) is 0.284. The van der Waals surface area contributed by atoms with Crippen molar-refractivity contribution in [3.8, 4) is 5.75 Å². The maximum Gasteiger partial charge on any atom is 0.255 e. The Morgan fingerprint density at radius 2 is 2.21 bits per heavy atom. The maximum absolute atomic E-state index is 11.8. The number of amides is 1. The van der Waals surface area contributed by atoms with Gasteiger partial charge in [0.25, 0.3) is 5.91 Å². The Morgan fingerprint density at radius 3 is 2.89 bits per heavy atom. The molecule has 0 aliphatic carbocycles. The average molecular weight is 377 g/mol. The zero-order valence-corrected chi connectivity index (χ0v) is 13.4. The molecule has 19 heavy (non-hydrogen) atoms. The van der Waals surface area contributed by atoms with E-state index in [0.717, 1.165) is 16.6 Å². The number of hydrogen-bond donors (Lipinski definition) is 2. The number of aromatic hydroxyl groups is 1. The van der Waals surface area contributed by atoms with Gasteiger partial charge in [-0.15, -0.1) is 0 Å². The van der Waals surface area contributed by atoms with Gasteiger partial charge in [-0.25, -0.2) is 0 Å². The molecule has 0 aliphatic heterocycles. The van der Waals surface area contributed by atoms with Crippen LogP contribution >= 0.6 is 22.6 Å². The van der Waals surface area contributed by atoms with E-state index < -0.39 is 0 Å². The van der Waals surface area contributed by atoms with Crippen LogP contribution in [0.3, 0.4) is 0 Å². The molecule has 0 spiro atoms. The van der Waals surface area contributed by atoms with Crippen LogP contribution in [-0.4, -0.2) is 30.8 Å². The Balaban J connectivity index is 2.29. The third-order valence-electron chi connectivity index (χ3n) is 2.41. The molecule has 1 aromatic rings. The van der Waals surface area contributed by atoms with Crippen LogP contribution in [0.5, 0.6) is 5.75 Å². The zero-order valence-electron chi connectivity index (χ0n) is 11.3. The first-order chi connectivity index (χ1) is 9.00. The first kappa shape index (κ1) is 16.2. The topological polar surface area (TPSA) is 58.6 Å². The fourth-order valence-electron chi connectivity index (χ4n) is 1.48. The number of nitrogens with one attached hydrogen (secondary N) is 1. The van der Waals surface area contributed by atoms with Gasteiger partial charge in [0.05, 0.1) is 5.56 Å². The smallest absolute Gasteiger partial charge is 0.255 e. The van der Waals surface area contributed by atoms with E-state index in [-0.39, 0.29) is 11.7 Å². The fraction of sp³-hybridized carbons (Fsp3) is 0.500. The molecule has 0 aromatic heterocycles. The molecule has 0 bridgehead atoms. The van der Waals surface area contributed by atoms with Crippen molar-refractivity contribution in [3.63, 3.8) is 0 Å². The Hall–Kier alpha value is -0.820. The summed E-state index contributed by atoms with van der Waals surface area (Å²) in [5, 5.41) is 12.4. The second-order valence-electron chi connectivity index (χ2n) is 4.74. The van der Waals surface area contributed by atoms with Crippen molar-refractivity contribution < 1.29 is 14.6 Å². The monoisotopic (exact) mass is 377 g/mol. The SMILES string of the molecule is CC(C)COCCCNC(=O)c1cc(I)ccc1O. The van der Waals surface area contributed by atoms with Gasteiger partial charge in [0, 0.05) is 23.3 Å². The zero-order chi connectivity index (χ0) is 14.3. The molecule has 2 N–H and O–H groups in total. The summed E-state index contributed by atoms with van der Waals surface area (Å²) in [6.07, 6.45) is 0.767. The standard InChI is InChI=1S/C14H20INO3/c1-10(2)9-19-7-3-6-16-14(18)12-8-11(15)4-5-13(12)17/h4-5,8,10,17H,3,6-7,9H2,1-2H3,(H,16,18). The number of carbonyl (C=O) groups is 1. The summed E-state index contributed by atoms with van der Waals surface area (Å²) in [5.41, 5.74) is 0.315. The summed E-state index contributed by atoms with van der Waals surface area (Å²) in [6, 6.07) is 4.95. The molecule has 0 radical (unpaired) electrons. The minimum absolute atomic E-state index is 0.00831. The molecular weight excluding hydrogens is 357 g/mol. The van der Waals surface area contributed by atoms with E-state index in [9.17, 15) is 9.90 Å². The van der Waals surface area contributed by atoms with E-state index in [1.807, 2.05) is 0 Å². The van der Waals surface area contributed by atoms with Crippen molar-refractivity contribution in [3.05, 3.63) is 27.3 Å². The van der Waals surface area contributed by atoms with Crippen LogP contribution in [0.1, 0.15) is 30.6 Å². The van der Waals surface area contributed by atoms with Crippen LogP contribution < -0.4 is 5.32 Å². The van der Waals surface area contributed by atoms with Crippen molar-refractivity contribution >= 4 is 28.5 Å². The Morgan fingerprint density at radius 1 is 1.47 bits per heavy atom. The number of halogens is 1. The Labute approximate surface area is 127 Å². The first-order valence-electron chi connectivity index (χ1n) is 6.35. The van der Waals surface area contributed by atoms with Crippen molar-refractivity contribution in [2.24, 2.45) is 5.92 Å². The quantitative estimate of drug-likeness (QED) is 0.568. The van der Waals surface area contributed by atoms with Gasteiger partial charge in [0.15, 0.2) is 0 Å². The molecule has 4 nitrogen and oxygen atoms in total. The summed E-state index contributed by atoms with van der Waals surface area (Å²) >= 11 is 2.11. The Kier molecular flexibility index (Phi) is 7.15. The second-order valence-corrected chi connectivity index (χ2v) is 5.99. The average Bonchev–Trinajstić information content (AvgIpc) is 2.36. The van der Waals surface area contributed by atoms with Crippen LogP contribution in [0.25, 0.3) is 0 Å². The van der Waals surface area contributed by atoms with Crippen LogP contribution in [0.4, 0.5) is 0 Å². The lowest BCUT2D eigenvalue weighted by atomic mass is 10.2. The third kappa shape index (κ3) is 6.24. The van der Waals surface area contributed by atoms with E-state index in [0.29, 0.717) is 24.6 Å². The van der Waals surface area contributed by atoms with Gasteiger partial charge in [-0.3, -0.25) is 4.79 Å². The molecule has 1 amide bonds. The highest BCUT2D eigenvalue weighted by atomic mass is 127. The van der Waals surface area contributed by atoms with Crippen LogP contribution in [0.15, 0.2) is 18.2 Å². The molecular formula is C14H20INO3. The highest BCUT2D eigenvalue weighted by Crippen LogP contribution is 2.19. The van der Waals surface area contributed by atoms with Gasteiger partial charge in [0.1, 0.15) is 5.75 Å². The van der Waals surface area contributed by atoms with Gasteiger partial charge >= 0.3 is 0 Å².